The highest BCUT2D eigenvalue weighted by atomic mass is 16.5. The quantitative estimate of drug-likeness (QED) is 0.365. The normalized spacial score (nSPS) is 26.8. The number of H-pyrrole nitrogens is 1. The summed E-state index contributed by atoms with van der Waals surface area (Å²) in [5.41, 5.74) is 7.23. The second-order valence-corrected chi connectivity index (χ2v) is 11.2. The molecule has 0 unspecified atom stereocenters. The molecule has 3 aliphatic rings. The molecular weight excluding hydrogens is 472 g/mol. The van der Waals surface area contributed by atoms with E-state index < -0.39 is 5.41 Å². The van der Waals surface area contributed by atoms with Gasteiger partial charge in [0.15, 0.2) is 0 Å². The summed E-state index contributed by atoms with van der Waals surface area (Å²) in [6.07, 6.45) is 5.60. The van der Waals surface area contributed by atoms with Crippen LogP contribution in [0.4, 0.5) is 5.69 Å². The number of para-hydroxylation sites is 1. The third-order valence-corrected chi connectivity index (χ3v) is 8.33. The highest BCUT2D eigenvalue weighted by Gasteiger charge is 2.65. The lowest BCUT2D eigenvalue weighted by Crippen LogP contribution is -2.44. The van der Waals surface area contributed by atoms with Gasteiger partial charge in [-0.15, -0.1) is 0 Å². The number of amides is 1. The molecule has 0 radical (unpaired) electrons. The molecule has 38 heavy (non-hydrogen) atoms. The van der Waals surface area contributed by atoms with Crippen LogP contribution in [-0.2, 0) is 21.5 Å². The highest BCUT2D eigenvalue weighted by Crippen LogP contribution is 2.64. The Bertz CT molecular complexity index is 1560. The minimum atomic E-state index is -0.421. The number of nitrogens with one attached hydrogen (secondary N) is 2. The zero-order chi connectivity index (χ0) is 25.9. The van der Waals surface area contributed by atoms with Crippen molar-refractivity contribution in [2.45, 2.75) is 50.4 Å². The molecule has 7 rings (SSSR count). The molecule has 6 nitrogen and oxygen atoms in total. The molecule has 4 aromatic rings. The van der Waals surface area contributed by atoms with Gasteiger partial charge in [0.2, 0.25) is 5.91 Å². The maximum absolute atomic E-state index is 12.9. The van der Waals surface area contributed by atoms with E-state index in [2.05, 4.69) is 94.9 Å². The van der Waals surface area contributed by atoms with Gasteiger partial charge in [0.1, 0.15) is 0 Å². The summed E-state index contributed by atoms with van der Waals surface area (Å²) >= 11 is 0. The first-order valence-corrected chi connectivity index (χ1v) is 13.5. The maximum atomic E-state index is 12.9. The van der Waals surface area contributed by atoms with Gasteiger partial charge in [-0.1, -0.05) is 60.7 Å². The Labute approximate surface area is 222 Å². The number of nitrogens with zero attached hydrogens (tertiary/aromatic N) is 2. The molecule has 0 bridgehead atoms. The van der Waals surface area contributed by atoms with Crippen molar-refractivity contribution in [3.05, 3.63) is 94.7 Å². The van der Waals surface area contributed by atoms with Gasteiger partial charge in [0.05, 0.1) is 28.8 Å². The molecule has 2 aliphatic heterocycles. The summed E-state index contributed by atoms with van der Waals surface area (Å²) in [4.78, 5) is 15.4. The van der Waals surface area contributed by atoms with Gasteiger partial charge >= 0.3 is 0 Å². The van der Waals surface area contributed by atoms with Gasteiger partial charge in [-0.2, -0.15) is 5.10 Å². The molecule has 1 saturated carbocycles. The lowest BCUT2D eigenvalue weighted by molar-refractivity contribution is -0.118. The van der Waals surface area contributed by atoms with Crippen molar-refractivity contribution < 1.29 is 9.53 Å². The van der Waals surface area contributed by atoms with Crippen molar-refractivity contribution in [1.29, 1.82) is 0 Å². The third-order valence-electron chi connectivity index (χ3n) is 8.33. The summed E-state index contributed by atoms with van der Waals surface area (Å²) in [7, 11) is 0. The van der Waals surface area contributed by atoms with E-state index in [1.807, 2.05) is 18.2 Å². The molecule has 1 aromatic heterocycles. The smallest absolute Gasteiger partial charge is 0.235 e. The summed E-state index contributed by atoms with van der Waals surface area (Å²) in [6, 6.07) is 23.2. The number of morpholine rings is 1. The van der Waals surface area contributed by atoms with Crippen LogP contribution in [0.15, 0.2) is 66.7 Å². The Morgan fingerprint density at radius 2 is 1.87 bits per heavy atom. The number of rotatable bonds is 5. The topological polar surface area (TPSA) is 70.2 Å². The van der Waals surface area contributed by atoms with E-state index in [-0.39, 0.29) is 24.0 Å². The Morgan fingerprint density at radius 3 is 2.74 bits per heavy atom. The van der Waals surface area contributed by atoms with Gasteiger partial charge in [-0.05, 0) is 60.7 Å². The van der Waals surface area contributed by atoms with E-state index in [0.29, 0.717) is 0 Å². The molecule has 1 amide bonds. The maximum Gasteiger partial charge on any atom is 0.235 e. The zero-order valence-electron chi connectivity index (χ0n) is 21.8. The number of carbonyl (C=O) groups is 1. The number of aromatic nitrogens is 2. The monoisotopic (exact) mass is 504 g/mol. The van der Waals surface area contributed by atoms with Crippen molar-refractivity contribution in [3.63, 3.8) is 0 Å². The van der Waals surface area contributed by atoms with Crippen LogP contribution < -0.4 is 5.32 Å². The molecule has 3 aromatic carbocycles. The molecule has 6 heteroatoms. The van der Waals surface area contributed by atoms with Gasteiger partial charge in [-0.25, -0.2) is 0 Å². The Hall–Kier alpha value is -3.74. The third kappa shape index (κ3) is 3.96. The lowest BCUT2D eigenvalue weighted by Gasteiger charge is -2.35. The summed E-state index contributed by atoms with van der Waals surface area (Å²) in [5.74, 6) is 0.315. The van der Waals surface area contributed by atoms with Gasteiger partial charge in [-0.3, -0.25) is 14.8 Å². The largest absolute Gasteiger partial charge is 0.373 e. The minimum absolute atomic E-state index is 0.122. The Morgan fingerprint density at radius 1 is 1.03 bits per heavy atom. The zero-order valence-corrected chi connectivity index (χ0v) is 21.8. The van der Waals surface area contributed by atoms with Crippen LogP contribution in [0, 0.1) is 0 Å². The summed E-state index contributed by atoms with van der Waals surface area (Å²) in [6.45, 7) is 7.15. The molecule has 1 aliphatic carbocycles. The molecule has 3 heterocycles. The average molecular weight is 505 g/mol. The predicted octanol–water partition coefficient (Wildman–Crippen LogP) is 5.72. The Balaban J connectivity index is 1.09. The van der Waals surface area contributed by atoms with Crippen molar-refractivity contribution >= 4 is 34.6 Å². The van der Waals surface area contributed by atoms with E-state index >= 15 is 0 Å². The lowest BCUT2D eigenvalue weighted by atomic mass is 9.92. The molecule has 4 atom stereocenters. The van der Waals surface area contributed by atoms with E-state index in [0.717, 1.165) is 59.5 Å². The second kappa shape index (κ2) is 8.93. The predicted molar refractivity (Wildman–Crippen MR) is 151 cm³/mol. The molecular formula is C32H32N4O2. The first kappa shape index (κ1) is 23.4. The fourth-order valence-corrected chi connectivity index (χ4v) is 6.60. The number of carbonyl (C=O) groups excluding carboxylic acids is 1. The molecule has 2 fully saturated rings. The van der Waals surface area contributed by atoms with Gasteiger partial charge in [0.25, 0.3) is 0 Å². The van der Waals surface area contributed by atoms with Crippen LogP contribution in [-0.4, -0.2) is 46.3 Å². The van der Waals surface area contributed by atoms with E-state index in [4.69, 9.17) is 4.74 Å². The van der Waals surface area contributed by atoms with Crippen LogP contribution in [0.2, 0.25) is 0 Å². The van der Waals surface area contributed by atoms with Crippen LogP contribution in [0.1, 0.15) is 54.1 Å². The number of aromatic amines is 1. The fraction of sp³-hybridized carbons (Fsp3) is 0.312. The highest BCUT2D eigenvalue weighted by molar-refractivity contribution is 6.09. The summed E-state index contributed by atoms with van der Waals surface area (Å²) < 4.78 is 5.88. The number of fused-ring (bicyclic) bond motifs is 3. The van der Waals surface area contributed by atoms with Crippen molar-refractivity contribution in [1.82, 2.24) is 15.1 Å². The Kier molecular flexibility index (Phi) is 5.49. The number of hydrogen-bond donors (Lipinski definition) is 2. The van der Waals surface area contributed by atoms with Crippen molar-refractivity contribution in [2.24, 2.45) is 0 Å². The van der Waals surface area contributed by atoms with Crippen molar-refractivity contribution in [2.75, 3.05) is 18.4 Å². The molecule has 2 N–H and O–H groups in total. The number of benzene rings is 3. The SMILES string of the molecule is C[C@@H]1CN(Cc2cccc(/C=C/c3n[nH]c4cc([C@@H]5C[C@@]56C(=O)Nc5ccccc56)ccc34)c2)C[C@H](C)O1. The first-order chi connectivity index (χ1) is 18.5. The van der Waals surface area contributed by atoms with Crippen LogP contribution >= 0.6 is 0 Å². The van der Waals surface area contributed by atoms with E-state index in [1.165, 1.54) is 11.1 Å². The van der Waals surface area contributed by atoms with Crippen LogP contribution in [0.5, 0.6) is 0 Å². The second-order valence-electron chi connectivity index (χ2n) is 11.2. The van der Waals surface area contributed by atoms with Gasteiger partial charge < -0.3 is 10.1 Å². The van der Waals surface area contributed by atoms with E-state index in [1.54, 1.807) is 0 Å². The minimum Gasteiger partial charge on any atom is -0.373 e. The van der Waals surface area contributed by atoms with Crippen molar-refractivity contribution in [3.8, 4) is 0 Å². The molecule has 192 valence electrons. The van der Waals surface area contributed by atoms with Gasteiger partial charge in [0, 0.05) is 36.6 Å². The first-order valence-electron chi connectivity index (χ1n) is 13.5. The van der Waals surface area contributed by atoms with E-state index in [9.17, 15) is 4.79 Å². The number of hydrogen-bond acceptors (Lipinski definition) is 4. The number of ether oxygens (including phenoxy) is 1. The van der Waals surface area contributed by atoms with Crippen LogP contribution in [0.3, 0.4) is 0 Å². The molecule has 1 saturated heterocycles. The molecule has 1 spiro atoms. The van der Waals surface area contributed by atoms with Crippen LogP contribution in [0.25, 0.3) is 23.1 Å². The number of anilines is 1. The standard InChI is InChI=1S/C32H32N4O2/c1-20-17-36(18-21(2)38-20)19-23-7-5-6-22(14-23)10-13-28-25-12-11-24(15-30(25)35-34-28)27-16-32(27)26-8-3-4-9-29(26)33-31(32)37/h3-15,20-21,27H,16-19H2,1-2H3,(H,33,37)(H,34,35)/b13-10+/t20-,21+,27-,32-/m0/s1. The summed E-state index contributed by atoms with van der Waals surface area (Å²) in [5, 5.41) is 12.0. The fourth-order valence-electron chi connectivity index (χ4n) is 6.60. The average Bonchev–Trinajstić information content (AvgIpc) is 3.43.